The van der Waals surface area contributed by atoms with E-state index in [0.29, 0.717) is 0 Å². The summed E-state index contributed by atoms with van der Waals surface area (Å²) in [4.78, 5) is 1.09. The molecule has 0 spiro atoms. The van der Waals surface area contributed by atoms with Crippen molar-refractivity contribution in [2.45, 2.75) is 11.9 Å². The molecule has 0 radical (unpaired) electrons. The van der Waals surface area contributed by atoms with Crippen LogP contribution in [0, 0.1) is 0 Å². The summed E-state index contributed by atoms with van der Waals surface area (Å²) in [6.07, 6.45) is 0. The molecule has 3 aromatic heterocycles. The van der Waals surface area contributed by atoms with Crippen LogP contribution in [0.15, 0.2) is 34.7 Å². The summed E-state index contributed by atoms with van der Waals surface area (Å²) in [7, 11) is 0. The van der Waals surface area contributed by atoms with Crippen molar-refractivity contribution in [1.82, 2.24) is 19.8 Å². The molecular formula is C11H10N4S2. The van der Waals surface area contributed by atoms with E-state index in [4.69, 9.17) is 0 Å². The molecule has 0 atom stereocenters. The number of thiophene rings is 1. The molecule has 0 aromatic carbocycles. The van der Waals surface area contributed by atoms with Crippen molar-refractivity contribution in [3.63, 3.8) is 0 Å². The molecule has 0 bridgehead atoms. The van der Waals surface area contributed by atoms with Crippen molar-refractivity contribution in [3.8, 4) is 10.7 Å². The van der Waals surface area contributed by atoms with Crippen molar-refractivity contribution in [1.29, 1.82) is 0 Å². The summed E-state index contributed by atoms with van der Waals surface area (Å²) in [6, 6.07) is 7.97. The standard InChI is InChI=1S/C11H10N4S2/c1-2-16-10-6-5-9-12-13-11(15(9)14-10)8-4-3-7-17-8/h3-7H,2H2,1H3. The minimum absolute atomic E-state index is 0.786. The van der Waals surface area contributed by atoms with Crippen LogP contribution in [0.1, 0.15) is 6.92 Å². The summed E-state index contributed by atoms with van der Waals surface area (Å²) < 4.78 is 1.81. The molecule has 3 rings (SSSR count). The lowest BCUT2D eigenvalue weighted by atomic mass is 10.4. The predicted octanol–water partition coefficient (Wildman–Crippen LogP) is 2.96. The van der Waals surface area contributed by atoms with E-state index in [1.807, 2.05) is 34.2 Å². The summed E-state index contributed by atoms with van der Waals surface area (Å²) >= 11 is 3.36. The number of hydrogen-bond acceptors (Lipinski definition) is 5. The van der Waals surface area contributed by atoms with E-state index >= 15 is 0 Å². The molecule has 0 aliphatic rings. The molecule has 0 aliphatic carbocycles. The fourth-order valence-electron chi connectivity index (χ4n) is 1.56. The second-order valence-corrected chi connectivity index (χ2v) is 5.61. The second kappa shape index (κ2) is 4.46. The number of aromatic nitrogens is 4. The van der Waals surface area contributed by atoms with E-state index in [2.05, 4.69) is 22.2 Å². The molecule has 0 N–H and O–H groups in total. The third kappa shape index (κ3) is 1.94. The number of rotatable bonds is 3. The Bertz CT molecular complexity index is 630. The molecule has 0 saturated carbocycles. The Hall–Kier alpha value is -1.40. The Balaban J connectivity index is 2.16. The van der Waals surface area contributed by atoms with E-state index < -0.39 is 0 Å². The second-order valence-electron chi connectivity index (χ2n) is 3.38. The Labute approximate surface area is 107 Å². The van der Waals surface area contributed by atoms with Crippen molar-refractivity contribution in [2.75, 3.05) is 5.75 Å². The maximum absolute atomic E-state index is 4.54. The van der Waals surface area contributed by atoms with Gasteiger partial charge >= 0.3 is 0 Å². The summed E-state index contributed by atoms with van der Waals surface area (Å²) in [5.74, 6) is 1.82. The van der Waals surface area contributed by atoms with E-state index in [-0.39, 0.29) is 0 Å². The van der Waals surface area contributed by atoms with Crippen molar-refractivity contribution in [3.05, 3.63) is 29.6 Å². The largest absolute Gasteiger partial charge is 0.195 e. The first-order valence-electron chi connectivity index (χ1n) is 5.27. The molecule has 6 heteroatoms. The lowest BCUT2D eigenvalue weighted by molar-refractivity contribution is 0.862. The van der Waals surface area contributed by atoms with Crippen molar-refractivity contribution in [2.24, 2.45) is 0 Å². The van der Waals surface area contributed by atoms with Crippen LogP contribution in [0.2, 0.25) is 0 Å². The summed E-state index contributed by atoms with van der Waals surface area (Å²) in [5, 5.41) is 15.9. The van der Waals surface area contributed by atoms with E-state index in [1.165, 1.54) is 0 Å². The number of nitrogens with zero attached hydrogens (tertiary/aromatic N) is 4. The van der Waals surface area contributed by atoms with Crippen LogP contribution in [-0.2, 0) is 0 Å². The van der Waals surface area contributed by atoms with Gasteiger partial charge in [-0.25, -0.2) is 0 Å². The van der Waals surface area contributed by atoms with Crippen LogP contribution in [0.4, 0.5) is 0 Å². The van der Waals surface area contributed by atoms with Gasteiger partial charge in [0.2, 0.25) is 0 Å². The Morgan fingerprint density at radius 2 is 2.24 bits per heavy atom. The zero-order valence-corrected chi connectivity index (χ0v) is 10.8. The minimum Gasteiger partial charge on any atom is -0.191 e. The van der Waals surface area contributed by atoms with Gasteiger partial charge in [0.25, 0.3) is 0 Å². The highest BCUT2D eigenvalue weighted by Crippen LogP contribution is 2.23. The molecule has 86 valence electrons. The van der Waals surface area contributed by atoms with E-state index in [9.17, 15) is 0 Å². The molecule has 0 fully saturated rings. The quantitative estimate of drug-likeness (QED) is 0.681. The molecule has 17 heavy (non-hydrogen) atoms. The number of fused-ring (bicyclic) bond motifs is 1. The van der Waals surface area contributed by atoms with Crippen LogP contribution in [-0.4, -0.2) is 25.6 Å². The molecule has 0 aliphatic heterocycles. The SMILES string of the molecule is CCSc1ccc2nnc(-c3cccs3)n2n1. The van der Waals surface area contributed by atoms with Gasteiger partial charge in [0.15, 0.2) is 11.5 Å². The molecule has 3 aromatic rings. The van der Waals surface area contributed by atoms with Crippen LogP contribution in [0.25, 0.3) is 16.3 Å². The van der Waals surface area contributed by atoms with Crippen LogP contribution in [0.5, 0.6) is 0 Å². The van der Waals surface area contributed by atoms with Crippen molar-refractivity contribution >= 4 is 28.7 Å². The highest BCUT2D eigenvalue weighted by molar-refractivity contribution is 7.99. The predicted molar refractivity (Wildman–Crippen MR) is 70.5 cm³/mol. The normalized spacial score (nSPS) is 11.1. The Morgan fingerprint density at radius 1 is 1.29 bits per heavy atom. The fraction of sp³-hybridized carbons (Fsp3) is 0.182. The minimum atomic E-state index is 0.786. The van der Waals surface area contributed by atoms with Crippen LogP contribution < -0.4 is 0 Å². The third-order valence-electron chi connectivity index (χ3n) is 2.27. The van der Waals surface area contributed by atoms with Gasteiger partial charge in [0, 0.05) is 0 Å². The van der Waals surface area contributed by atoms with Gasteiger partial charge in [-0.3, -0.25) is 0 Å². The average molecular weight is 262 g/mol. The van der Waals surface area contributed by atoms with Gasteiger partial charge in [-0.2, -0.15) is 9.61 Å². The average Bonchev–Trinajstić information content (AvgIpc) is 2.96. The lowest BCUT2D eigenvalue weighted by Gasteiger charge is -1.99. The van der Waals surface area contributed by atoms with E-state index in [1.54, 1.807) is 23.1 Å². The topological polar surface area (TPSA) is 43.1 Å². The molecule has 0 saturated heterocycles. The van der Waals surface area contributed by atoms with Crippen LogP contribution >= 0.6 is 23.1 Å². The summed E-state index contributed by atoms with van der Waals surface area (Å²) in [6.45, 7) is 2.11. The monoisotopic (exact) mass is 262 g/mol. The highest BCUT2D eigenvalue weighted by atomic mass is 32.2. The van der Waals surface area contributed by atoms with Gasteiger partial charge in [0.05, 0.1) is 4.88 Å². The number of thioether (sulfide) groups is 1. The lowest BCUT2D eigenvalue weighted by Crippen LogP contribution is -1.95. The third-order valence-corrected chi connectivity index (χ3v) is 3.94. The molecular weight excluding hydrogens is 252 g/mol. The maximum atomic E-state index is 4.54. The van der Waals surface area contributed by atoms with Gasteiger partial charge in [-0.1, -0.05) is 13.0 Å². The van der Waals surface area contributed by atoms with Crippen molar-refractivity contribution < 1.29 is 0 Å². The molecule has 3 heterocycles. The maximum Gasteiger partial charge on any atom is 0.195 e. The number of hydrogen-bond donors (Lipinski definition) is 0. The Morgan fingerprint density at radius 3 is 3.00 bits per heavy atom. The van der Waals surface area contributed by atoms with E-state index in [0.717, 1.165) is 27.1 Å². The molecule has 4 nitrogen and oxygen atoms in total. The highest BCUT2D eigenvalue weighted by Gasteiger charge is 2.10. The molecule has 0 amide bonds. The fourth-order valence-corrected chi connectivity index (χ4v) is 2.85. The smallest absolute Gasteiger partial charge is 0.191 e. The first-order chi connectivity index (χ1) is 8.38. The van der Waals surface area contributed by atoms with Gasteiger partial charge in [0.1, 0.15) is 5.03 Å². The zero-order chi connectivity index (χ0) is 11.7. The van der Waals surface area contributed by atoms with Crippen LogP contribution in [0.3, 0.4) is 0 Å². The van der Waals surface area contributed by atoms with Gasteiger partial charge < -0.3 is 0 Å². The first-order valence-corrected chi connectivity index (χ1v) is 7.14. The van der Waals surface area contributed by atoms with Gasteiger partial charge in [-0.15, -0.1) is 33.3 Å². The molecule has 0 unspecified atom stereocenters. The van der Waals surface area contributed by atoms with Gasteiger partial charge in [-0.05, 0) is 29.3 Å². The first kappa shape index (κ1) is 10.7. The zero-order valence-electron chi connectivity index (χ0n) is 9.20. The Kier molecular flexibility index (Phi) is 2.82. The summed E-state index contributed by atoms with van der Waals surface area (Å²) in [5.41, 5.74) is 0.786.